The van der Waals surface area contributed by atoms with Crippen LogP contribution in [0.15, 0.2) is 66.7 Å². The Morgan fingerprint density at radius 1 is 1.17 bits per heavy atom. The van der Waals surface area contributed by atoms with E-state index in [1.54, 1.807) is 13.8 Å². The predicted molar refractivity (Wildman–Crippen MR) is 140 cm³/mol. The topological polar surface area (TPSA) is 97.2 Å². The minimum atomic E-state index is -0.973. The molecule has 4 rings (SSSR count). The molecule has 36 heavy (non-hydrogen) atoms. The van der Waals surface area contributed by atoms with Gasteiger partial charge >= 0.3 is 5.97 Å². The van der Waals surface area contributed by atoms with E-state index in [0.717, 1.165) is 16.7 Å². The van der Waals surface area contributed by atoms with E-state index < -0.39 is 17.2 Å². The molecule has 3 atom stereocenters. The molecule has 3 aromatic carbocycles. The van der Waals surface area contributed by atoms with E-state index in [9.17, 15) is 19.6 Å². The molecule has 0 spiro atoms. The van der Waals surface area contributed by atoms with E-state index in [1.165, 1.54) is 12.1 Å². The van der Waals surface area contributed by atoms with Crippen molar-refractivity contribution in [1.29, 1.82) is 5.26 Å². The van der Waals surface area contributed by atoms with Gasteiger partial charge in [-0.15, -0.1) is 0 Å². The van der Waals surface area contributed by atoms with Crippen molar-refractivity contribution < 1.29 is 14.3 Å². The number of hydrogen-bond acceptors (Lipinski definition) is 5. The van der Waals surface area contributed by atoms with Crippen LogP contribution in [0.2, 0.25) is 0 Å². The Kier molecular flexibility index (Phi) is 7.27. The first-order valence-corrected chi connectivity index (χ1v) is 12.1. The number of nitrogens with zero attached hydrogens (tertiary/aromatic N) is 1. The fourth-order valence-corrected chi connectivity index (χ4v) is 4.58. The van der Waals surface area contributed by atoms with Gasteiger partial charge in [0.2, 0.25) is 0 Å². The Balaban J connectivity index is 1.56. The molecule has 3 aromatic rings. The molecule has 186 valence electrons. The molecule has 6 nitrogen and oxygen atoms in total. The number of anilines is 2. The summed E-state index contributed by atoms with van der Waals surface area (Å²) >= 11 is 0. The Labute approximate surface area is 211 Å². The van der Waals surface area contributed by atoms with E-state index >= 15 is 0 Å². The largest absolute Gasteiger partial charge is 0.481 e. The van der Waals surface area contributed by atoms with E-state index in [1.807, 2.05) is 42.5 Å². The van der Waals surface area contributed by atoms with Crippen LogP contribution < -0.4 is 16.0 Å². The number of carboxylic acids is 1. The third-order valence-corrected chi connectivity index (χ3v) is 6.98. The lowest BCUT2D eigenvalue weighted by atomic mass is 9.83. The average Bonchev–Trinajstić information content (AvgIpc) is 2.88. The van der Waals surface area contributed by atoms with Gasteiger partial charge in [-0.3, -0.25) is 4.79 Å². The number of halogens is 1. The van der Waals surface area contributed by atoms with E-state index in [4.69, 9.17) is 0 Å². The van der Waals surface area contributed by atoms with Crippen molar-refractivity contribution in [1.82, 2.24) is 5.32 Å². The van der Waals surface area contributed by atoms with E-state index in [-0.39, 0.29) is 23.6 Å². The van der Waals surface area contributed by atoms with Gasteiger partial charge in [-0.2, -0.15) is 5.26 Å². The molecule has 0 amide bonds. The third-order valence-electron chi connectivity index (χ3n) is 6.98. The first-order valence-electron chi connectivity index (χ1n) is 12.1. The van der Waals surface area contributed by atoms with Crippen LogP contribution in [-0.2, 0) is 10.2 Å². The minimum Gasteiger partial charge on any atom is -0.481 e. The number of rotatable bonds is 8. The summed E-state index contributed by atoms with van der Waals surface area (Å²) in [5.74, 6) is -1.19. The summed E-state index contributed by atoms with van der Waals surface area (Å²) in [7, 11) is 0. The van der Waals surface area contributed by atoms with E-state index in [2.05, 4.69) is 41.1 Å². The number of carboxylic acid groups (broad SMARTS) is 1. The van der Waals surface area contributed by atoms with Gasteiger partial charge in [-0.05, 0) is 48.6 Å². The lowest BCUT2D eigenvalue weighted by Gasteiger charge is -2.36. The van der Waals surface area contributed by atoms with Gasteiger partial charge in [0.05, 0.1) is 34.4 Å². The zero-order valence-electron chi connectivity index (χ0n) is 20.7. The summed E-state index contributed by atoms with van der Waals surface area (Å²) in [5.41, 5.74) is 3.40. The summed E-state index contributed by atoms with van der Waals surface area (Å²) in [6, 6.07) is 22.4. The number of aliphatic carboxylic acids is 1. The van der Waals surface area contributed by atoms with Crippen LogP contribution in [0.25, 0.3) is 0 Å². The Morgan fingerprint density at radius 3 is 2.58 bits per heavy atom. The Morgan fingerprint density at radius 2 is 1.89 bits per heavy atom. The standard InChI is InChI=1S/C29H31FN4O2/c1-18(20-10-7-11-22(12-20)29(2,3)28(35)36)16-33-26(19-8-5-4-6-9-19)25-17-32-24-14-23(30)13-21(15-31)27(24)34-25/h4-14,18,25-26,32-34H,16-17H2,1-3H3,(H,35,36)/t18-,25+,26+/m0/s1. The molecule has 4 N–H and O–H groups in total. The van der Waals surface area contributed by atoms with Crippen molar-refractivity contribution in [3.8, 4) is 6.07 Å². The molecule has 0 aromatic heterocycles. The monoisotopic (exact) mass is 486 g/mol. The number of fused-ring (bicyclic) bond motifs is 1. The van der Waals surface area contributed by atoms with Gasteiger partial charge in [-0.1, -0.05) is 61.5 Å². The van der Waals surface area contributed by atoms with Crippen molar-refractivity contribution in [2.75, 3.05) is 23.7 Å². The van der Waals surface area contributed by atoms with Gasteiger partial charge in [0.25, 0.3) is 0 Å². The number of nitrogens with one attached hydrogen (secondary N) is 3. The van der Waals surface area contributed by atoms with E-state index in [0.29, 0.717) is 24.5 Å². The second kappa shape index (κ2) is 10.4. The zero-order chi connectivity index (χ0) is 25.9. The summed E-state index contributed by atoms with van der Waals surface area (Å²) in [5, 5.41) is 29.6. The molecule has 1 heterocycles. The van der Waals surface area contributed by atoms with Crippen LogP contribution in [0.4, 0.5) is 15.8 Å². The molecule has 0 saturated heterocycles. The normalized spacial score (nSPS) is 16.6. The fourth-order valence-electron chi connectivity index (χ4n) is 4.58. The molecule has 0 aliphatic carbocycles. The maximum Gasteiger partial charge on any atom is 0.313 e. The molecular weight excluding hydrogens is 455 g/mol. The van der Waals surface area contributed by atoms with Crippen molar-refractivity contribution in [2.45, 2.75) is 44.2 Å². The maximum atomic E-state index is 13.9. The van der Waals surface area contributed by atoms with Gasteiger partial charge < -0.3 is 21.1 Å². The highest BCUT2D eigenvalue weighted by atomic mass is 19.1. The molecule has 0 saturated carbocycles. The molecule has 0 unspecified atom stereocenters. The van der Waals surface area contributed by atoms with Gasteiger partial charge in [0, 0.05) is 13.1 Å². The fraction of sp³-hybridized carbons (Fsp3) is 0.310. The van der Waals surface area contributed by atoms with Crippen LogP contribution in [-0.4, -0.2) is 30.2 Å². The highest BCUT2D eigenvalue weighted by Gasteiger charge is 2.31. The number of hydrogen-bond donors (Lipinski definition) is 4. The number of nitriles is 1. The molecule has 1 aliphatic heterocycles. The molecular formula is C29H31FN4O2. The second-order valence-electron chi connectivity index (χ2n) is 9.87. The average molecular weight is 487 g/mol. The number of carbonyl (C=O) groups is 1. The SMILES string of the molecule is C[C@@H](CN[C@H](c1ccccc1)[C@H]1CNc2cc(F)cc(C#N)c2N1)c1cccc(C(C)(C)C(=O)O)c1. The maximum absolute atomic E-state index is 13.9. The first kappa shape index (κ1) is 25.2. The second-order valence-corrected chi connectivity index (χ2v) is 9.87. The van der Waals surface area contributed by atoms with Crippen LogP contribution in [0.5, 0.6) is 0 Å². The highest BCUT2D eigenvalue weighted by Crippen LogP contribution is 2.34. The quantitative estimate of drug-likeness (QED) is 0.340. The molecule has 0 radical (unpaired) electrons. The van der Waals surface area contributed by atoms with Crippen molar-refractivity contribution >= 4 is 17.3 Å². The summed E-state index contributed by atoms with van der Waals surface area (Å²) in [4.78, 5) is 11.7. The summed E-state index contributed by atoms with van der Waals surface area (Å²) < 4.78 is 13.9. The molecule has 0 fully saturated rings. The third kappa shape index (κ3) is 5.19. The molecule has 0 bridgehead atoms. The van der Waals surface area contributed by atoms with Crippen molar-refractivity contribution in [3.05, 3.63) is 94.8 Å². The molecule has 1 aliphatic rings. The Hall–Kier alpha value is -3.89. The van der Waals surface area contributed by atoms with Gasteiger partial charge in [-0.25, -0.2) is 4.39 Å². The van der Waals surface area contributed by atoms with Crippen LogP contribution in [0.3, 0.4) is 0 Å². The first-order chi connectivity index (χ1) is 17.2. The number of benzene rings is 3. The Bertz CT molecular complexity index is 1290. The minimum absolute atomic E-state index is 0.0930. The van der Waals surface area contributed by atoms with Crippen molar-refractivity contribution in [2.24, 2.45) is 0 Å². The summed E-state index contributed by atoms with van der Waals surface area (Å²) in [6.45, 7) is 6.73. The smallest absolute Gasteiger partial charge is 0.313 e. The predicted octanol–water partition coefficient (Wildman–Crippen LogP) is 5.40. The molecule has 7 heteroatoms. The van der Waals surface area contributed by atoms with Crippen LogP contribution in [0.1, 0.15) is 55.0 Å². The van der Waals surface area contributed by atoms with Crippen LogP contribution >= 0.6 is 0 Å². The van der Waals surface area contributed by atoms with Crippen molar-refractivity contribution in [3.63, 3.8) is 0 Å². The lowest BCUT2D eigenvalue weighted by molar-refractivity contribution is -0.142. The lowest BCUT2D eigenvalue weighted by Crippen LogP contribution is -2.45. The zero-order valence-corrected chi connectivity index (χ0v) is 20.7. The van der Waals surface area contributed by atoms with Gasteiger partial charge in [0.1, 0.15) is 11.9 Å². The highest BCUT2D eigenvalue weighted by molar-refractivity contribution is 5.80. The van der Waals surface area contributed by atoms with Crippen LogP contribution in [0, 0.1) is 17.1 Å². The summed E-state index contributed by atoms with van der Waals surface area (Å²) in [6.07, 6.45) is 0. The van der Waals surface area contributed by atoms with Gasteiger partial charge in [0.15, 0.2) is 0 Å².